The highest BCUT2D eigenvalue weighted by molar-refractivity contribution is 7.91. The Morgan fingerprint density at radius 2 is 1.96 bits per heavy atom. The van der Waals surface area contributed by atoms with E-state index in [4.69, 9.17) is 0 Å². The van der Waals surface area contributed by atoms with Crippen LogP contribution in [-0.2, 0) is 29.5 Å². The van der Waals surface area contributed by atoms with E-state index in [2.05, 4.69) is 39.5 Å². The minimum absolute atomic E-state index is 0.362. The zero-order valence-electron chi connectivity index (χ0n) is 15.3. The van der Waals surface area contributed by atoms with Crippen LogP contribution in [0.2, 0.25) is 0 Å². The lowest BCUT2D eigenvalue weighted by atomic mass is 10.0. The Labute approximate surface area is 159 Å². The standard InChI is InChI=1S/C18H24N4O2S2/c1-19-18(22-11-10-14-6-4-5-7-15(14)13-22)20-12-16-8-9-17(25-16)26(23,24)21(2)3/h4-9H,10-13H2,1-3H3,(H,19,20). The average molecular weight is 393 g/mol. The molecule has 0 saturated heterocycles. The number of nitrogens with one attached hydrogen (secondary N) is 1. The molecule has 26 heavy (non-hydrogen) atoms. The fourth-order valence-electron chi connectivity index (χ4n) is 2.95. The molecular weight excluding hydrogens is 368 g/mol. The van der Waals surface area contributed by atoms with E-state index in [0.29, 0.717) is 10.8 Å². The first-order valence-electron chi connectivity index (χ1n) is 8.45. The molecule has 140 valence electrons. The van der Waals surface area contributed by atoms with Crippen LogP contribution in [0.15, 0.2) is 45.6 Å². The first-order chi connectivity index (χ1) is 12.4. The van der Waals surface area contributed by atoms with Crippen LogP contribution in [0.5, 0.6) is 0 Å². The van der Waals surface area contributed by atoms with Crippen molar-refractivity contribution >= 4 is 27.3 Å². The Balaban J connectivity index is 1.65. The zero-order chi connectivity index (χ0) is 18.7. The number of fused-ring (bicyclic) bond motifs is 1. The molecule has 0 aliphatic carbocycles. The third-order valence-corrected chi connectivity index (χ3v) is 7.80. The van der Waals surface area contributed by atoms with Crippen molar-refractivity contribution in [1.29, 1.82) is 0 Å². The van der Waals surface area contributed by atoms with E-state index < -0.39 is 10.0 Å². The molecule has 1 aliphatic heterocycles. The van der Waals surface area contributed by atoms with Gasteiger partial charge in [0, 0.05) is 39.1 Å². The summed E-state index contributed by atoms with van der Waals surface area (Å²) in [5, 5.41) is 3.36. The van der Waals surface area contributed by atoms with Crippen LogP contribution in [0.25, 0.3) is 0 Å². The van der Waals surface area contributed by atoms with E-state index in [9.17, 15) is 8.42 Å². The molecule has 6 nitrogen and oxygen atoms in total. The number of hydrogen-bond acceptors (Lipinski definition) is 4. The first-order valence-corrected chi connectivity index (χ1v) is 10.7. The van der Waals surface area contributed by atoms with E-state index in [1.807, 2.05) is 6.07 Å². The molecule has 0 saturated carbocycles. The Hall–Kier alpha value is -1.90. The number of nitrogens with zero attached hydrogens (tertiary/aromatic N) is 3. The van der Waals surface area contributed by atoms with Crippen molar-refractivity contribution in [2.24, 2.45) is 4.99 Å². The van der Waals surface area contributed by atoms with Crippen LogP contribution in [0.3, 0.4) is 0 Å². The van der Waals surface area contributed by atoms with Crippen LogP contribution >= 0.6 is 11.3 Å². The summed E-state index contributed by atoms with van der Waals surface area (Å²) in [4.78, 5) is 7.58. The summed E-state index contributed by atoms with van der Waals surface area (Å²) in [6.07, 6.45) is 1.00. The van der Waals surface area contributed by atoms with Crippen molar-refractivity contribution in [3.05, 3.63) is 52.4 Å². The molecule has 0 spiro atoms. The smallest absolute Gasteiger partial charge is 0.252 e. The van der Waals surface area contributed by atoms with E-state index in [1.54, 1.807) is 27.2 Å². The topological polar surface area (TPSA) is 65.0 Å². The van der Waals surface area contributed by atoms with Crippen LogP contribution in [0.4, 0.5) is 0 Å². The SMILES string of the molecule is CN=C(NCc1ccc(S(=O)(=O)N(C)C)s1)N1CCc2ccccc2C1. The van der Waals surface area contributed by atoms with Gasteiger partial charge in [-0.05, 0) is 29.7 Å². The van der Waals surface area contributed by atoms with Crippen LogP contribution in [-0.4, -0.2) is 51.3 Å². The van der Waals surface area contributed by atoms with Gasteiger partial charge < -0.3 is 10.2 Å². The van der Waals surface area contributed by atoms with Crippen LogP contribution < -0.4 is 5.32 Å². The van der Waals surface area contributed by atoms with Gasteiger partial charge in [-0.25, -0.2) is 12.7 Å². The highest BCUT2D eigenvalue weighted by Crippen LogP contribution is 2.24. The molecule has 8 heteroatoms. The van der Waals surface area contributed by atoms with E-state index >= 15 is 0 Å². The van der Waals surface area contributed by atoms with Gasteiger partial charge in [-0.3, -0.25) is 4.99 Å². The molecule has 3 rings (SSSR count). The fourth-order valence-corrected chi connectivity index (χ4v) is 5.41. The fraction of sp³-hybridized carbons (Fsp3) is 0.389. The van der Waals surface area contributed by atoms with E-state index in [-0.39, 0.29) is 0 Å². The van der Waals surface area contributed by atoms with Crippen LogP contribution in [0.1, 0.15) is 16.0 Å². The number of aliphatic imine (C=N–C) groups is 1. The second-order valence-electron chi connectivity index (χ2n) is 6.35. The quantitative estimate of drug-likeness (QED) is 0.640. The summed E-state index contributed by atoms with van der Waals surface area (Å²) in [6, 6.07) is 12.0. The third-order valence-electron chi connectivity index (χ3n) is 4.43. The summed E-state index contributed by atoms with van der Waals surface area (Å²) in [5.41, 5.74) is 2.73. The first kappa shape index (κ1) is 18.9. The molecule has 2 heterocycles. The summed E-state index contributed by atoms with van der Waals surface area (Å²) < 4.78 is 26.0. The van der Waals surface area contributed by atoms with E-state index in [1.165, 1.54) is 26.8 Å². The van der Waals surface area contributed by atoms with Crippen molar-refractivity contribution in [3.63, 3.8) is 0 Å². The zero-order valence-corrected chi connectivity index (χ0v) is 16.9. The second kappa shape index (κ2) is 7.77. The molecule has 1 aromatic carbocycles. The maximum atomic E-state index is 12.2. The molecule has 0 fully saturated rings. The highest BCUT2D eigenvalue weighted by atomic mass is 32.2. The maximum Gasteiger partial charge on any atom is 0.252 e. The molecule has 1 aliphatic rings. The molecule has 2 aromatic rings. The summed E-state index contributed by atoms with van der Waals surface area (Å²) in [6.45, 7) is 2.31. The van der Waals surface area contributed by atoms with Crippen LogP contribution in [0, 0.1) is 0 Å². The van der Waals surface area contributed by atoms with Crippen molar-refractivity contribution in [3.8, 4) is 0 Å². The highest BCUT2D eigenvalue weighted by Gasteiger charge is 2.21. The van der Waals surface area contributed by atoms with Gasteiger partial charge in [0.05, 0.1) is 6.54 Å². The van der Waals surface area contributed by atoms with Gasteiger partial charge in [-0.2, -0.15) is 0 Å². The predicted molar refractivity (Wildman–Crippen MR) is 106 cm³/mol. The molecule has 0 radical (unpaired) electrons. The van der Waals surface area contributed by atoms with Gasteiger partial charge in [-0.1, -0.05) is 24.3 Å². The van der Waals surface area contributed by atoms with E-state index in [0.717, 1.165) is 30.3 Å². The summed E-state index contributed by atoms with van der Waals surface area (Å²) >= 11 is 1.29. The summed E-state index contributed by atoms with van der Waals surface area (Å²) in [7, 11) is 1.50. The number of sulfonamides is 1. The number of benzene rings is 1. The van der Waals surface area contributed by atoms with Crippen molar-refractivity contribution < 1.29 is 8.42 Å². The molecule has 0 unspecified atom stereocenters. The average Bonchev–Trinajstić information content (AvgIpc) is 3.12. The largest absolute Gasteiger partial charge is 0.351 e. The lowest BCUT2D eigenvalue weighted by Gasteiger charge is -2.31. The Kier molecular flexibility index (Phi) is 5.64. The van der Waals surface area contributed by atoms with Gasteiger partial charge in [0.15, 0.2) is 5.96 Å². The molecule has 0 bridgehead atoms. The van der Waals surface area contributed by atoms with Gasteiger partial charge in [0.25, 0.3) is 10.0 Å². The Morgan fingerprint density at radius 3 is 2.65 bits per heavy atom. The van der Waals surface area contributed by atoms with Crippen molar-refractivity contribution in [2.75, 3.05) is 27.7 Å². The van der Waals surface area contributed by atoms with Gasteiger partial charge >= 0.3 is 0 Å². The molecular formula is C18H24N4O2S2. The number of hydrogen-bond donors (Lipinski definition) is 1. The third kappa shape index (κ3) is 3.92. The van der Waals surface area contributed by atoms with Crippen molar-refractivity contribution in [1.82, 2.24) is 14.5 Å². The van der Waals surface area contributed by atoms with Gasteiger partial charge in [0.2, 0.25) is 0 Å². The number of rotatable bonds is 4. The molecule has 1 N–H and O–H groups in total. The maximum absolute atomic E-state index is 12.2. The van der Waals surface area contributed by atoms with Gasteiger partial charge in [0.1, 0.15) is 4.21 Å². The Morgan fingerprint density at radius 1 is 1.23 bits per heavy atom. The molecule has 0 amide bonds. The number of guanidine groups is 1. The predicted octanol–water partition coefficient (Wildman–Crippen LogP) is 2.13. The minimum Gasteiger partial charge on any atom is -0.351 e. The van der Waals surface area contributed by atoms with Gasteiger partial charge in [-0.15, -0.1) is 11.3 Å². The monoisotopic (exact) mass is 392 g/mol. The Bertz CT molecular complexity index is 903. The summed E-state index contributed by atoms with van der Waals surface area (Å²) in [5.74, 6) is 0.838. The lowest BCUT2D eigenvalue weighted by molar-refractivity contribution is 0.378. The number of thiophene rings is 1. The lowest BCUT2D eigenvalue weighted by Crippen LogP contribution is -2.43. The van der Waals surface area contributed by atoms with Crippen molar-refractivity contribution in [2.45, 2.75) is 23.7 Å². The molecule has 1 aromatic heterocycles. The normalized spacial score (nSPS) is 15.2. The minimum atomic E-state index is -3.37. The second-order valence-corrected chi connectivity index (χ2v) is 9.90. The molecule has 0 atom stereocenters.